The molecule has 0 saturated heterocycles. The summed E-state index contributed by atoms with van der Waals surface area (Å²) in [5.41, 5.74) is 1.31. The third-order valence-electron chi connectivity index (χ3n) is 3.33. The zero-order valence-corrected chi connectivity index (χ0v) is 11.6. The average molecular weight is 249 g/mol. The van der Waals surface area contributed by atoms with Gasteiger partial charge in [-0.15, -0.1) is 0 Å². The van der Waals surface area contributed by atoms with E-state index in [2.05, 4.69) is 36.5 Å². The second-order valence-electron chi connectivity index (χ2n) is 5.01. The van der Waals surface area contributed by atoms with Gasteiger partial charge in [0.1, 0.15) is 0 Å². The molecule has 0 aliphatic rings. The fourth-order valence-electron chi connectivity index (χ4n) is 2.13. The fourth-order valence-corrected chi connectivity index (χ4v) is 2.13. The third-order valence-corrected chi connectivity index (χ3v) is 3.33. The van der Waals surface area contributed by atoms with E-state index >= 15 is 0 Å². The molecule has 0 aliphatic heterocycles. The van der Waals surface area contributed by atoms with E-state index in [1.54, 1.807) is 0 Å². The quantitative estimate of drug-likeness (QED) is 0.623. The minimum Gasteiger partial charge on any atom is -0.396 e. The molecule has 0 amide bonds. The van der Waals surface area contributed by atoms with Crippen LogP contribution in [0.3, 0.4) is 0 Å². The fraction of sp³-hybridized carbons (Fsp3) is 0.625. The zero-order valence-electron chi connectivity index (χ0n) is 11.6. The molecule has 0 heterocycles. The van der Waals surface area contributed by atoms with Gasteiger partial charge in [-0.3, -0.25) is 0 Å². The van der Waals surface area contributed by atoms with Gasteiger partial charge in [-0.1, -0.05) is 62.9 Å². The molecule has 0 aromatic heterocycles. The van der Waals surface area contributed by atoms with Crippen LogP contribution in [0.2, 0.25) is 0 Å². The Kier molecular flexibility index (Phi) is 8.53. The van der Waals surface area contributed by atoms with Crippen molar-refractivity contribution in [2.24, 2.45) is 5.92 Å². The van der Waals surface area contributed by atoms with Crippen LogP contribution in [0.4, 0.5) is 0 Å². The molecule has 1 aromatic carbocycles. The van der Waals surface area contributed by atoms with Gasteiger partial charge >= 0.3 is 0 Å². The summed E-state index contributed by atoms with van der Waals surface area (Å²) in [5, 5.41) is 12.8. The van der Waals surface area contributed by atoms with Crippen molar-refractivity contribution in [1.29, 1.82) is 0 Å². The number of aliphatic hydroxyl groups is 1. The van der Waals surface area contributed by atoms with Crippen molar-refractivity contribution in [1.82, 2.24) is 5.32 Å². The third kappa shape index (κ3) is 6.77. The van der Waals surface area contributed by atoms with Gasteiger partial charge in [0.25, 0.3) is 0 Å². The van der Waals surface area contributed by atoms with E-state index in [1.165, 1.54) is 31.2 Å². The lowest BCUT2D eigenvalue weighted by molar-refractivity contribution is 0.211. The van der Waals surface area contributed by atoms with Crippen molar-refractivity contribution in [3.8, 4) is 0 Å². The maximum atomic E-state index is 9.34. The Balaban J connectivity index is 2.11. The van der Waals surface area contributed by atoms with Crippen molar-refractivity contribution in [2.75, 3.05) is 13.2 Å². The van der Waals surface area contributed by atoms with Gasteiger partial charge in [0.2, 0.25) is 0 Å². The molecule has 18 heavy (non-hydrogen) atoms. The van der Waals surface area contributed by atoms with Crippen LogP contribution in [0.15, 0.2) is 30.3 Å². The molecule has 2 N–H and O–H groups in total. The monoisotopic (exact) mass is 249 g/mol. The molecular formula is C16H27NO. The summed E-state index contributed by atoms with van der Waals surface area (Å²) < 4.78 is 0. The first-order chi connectivity index (χ1) is 8.86. The molecule has 0 aliphatic carbocycles. The van der Waals surface area contributed by atoms with Crippen LogP contribution in [0.25, 0.3) is 0 Å². The SMILES string of the molecule is CCCCCC[C@H](CO)CNCc1ccccc1. The highest BCUT2D eigenvalue weighted by Crippen LogP contribution is 2.10. The molecule has 102 valence electrons. The number of aliphatic hydroxyl groups excluding tert-OH is 1. The van der Waals surface area contributed by atoms with Crippen molar-refractivity contribution in [2.45, 2.75) is 45.6 Å². The van der Waals surface area contributed by atoms with Crippen LogP contribution < -0.4 is 5.32 Å². The number of hydrogen-bond acceptors (Lipinski definition) is 2. The molecule has 0 unspecified atom stereocenters. The van der Waals surface area contributed by atoms with Gasteiger partial charge in [-0.2, -0.15) is 0 Å². The number of unbranched alkanes of at least 4 members (excludes halogenated alkanes) is 3. The molecule has 1 atom stereocenters. The highest BCUT2D eigenvalue weighted by Gasteiger charge is 2.06. The number of hydrogen-bond donors (Lipinski definition) is 2. The van der Waals surface area contributed by atoms with Gasteiger partial charge in [0.05, 0.1) is 0 Å². The van der Waals surface area contributed by atoms with Crippen LogP contribution >= 0.6 is 0 Å². The number of benzene rings is 1. The molecule has 0 spiro atoms. The Morgan fingerprint density at radius 2 is 1.89 bits per heavy atom. The first-order valence-electron chi connectivity index (χ1n) is 7.22. The highest BCUT2D eigenvalue weighted by atomic mass is 16.3. The molecule has 1 rings (SSSR count). The molecular weight excluding hydrogens is 222 g/mol. The molecule has 2 nitrogen and oxygen atoms in total. The Morgan fingerprint density at radius 1 is 1.11 bits per heavy atom. The van der Waals surface area contributed by atoms with Gasteiger partial charge < -0.3 is 10.4 Å². The lowest BCUT2D eigenvalue weighted by Gasteiger charge is -2.15. The van der Waals surface area contributed by atoms with Gasteiger partial charge in [0, 0.05) is 19.7 Å². The van der Waals surface area contributed by atoms with Gasteiger partial charge in [0.15, 0.2) is 0 Å². The van der Waals surface area contributed by atoms with E-state index in [-0.39, 0.29) is 0 Å². The van der Waals surface area contributed by atoms with Crippen molar-refractivity contribution < 1.29 is 5.11 Å². The topological polar surface area (TPSA) is 32.3 Å². The minimum absolute atomic E-state index is 0.300. The minimum atomic E-state index is 0.300. The van der Waals surface area contributed by atoms with E-state index in [1.807, 2.05) is 6.07 Å². The Morgan fingerprint density at radius 3 is 2.56 bits per heavy atom. The summed E-state index contributed by atoms with van der Waals surface area (Å²) >= 11 is 0. The molecule has 0 saturated carbocycles. The largest absolute Gasteiger partial charge is 0.396 e. The smallest absolute Gasteiger partial charge is 0.0471 e. The summed E-state index contributed by atoms with van der Waals surface area (Å²) in [6, 6.07) is 10.4. The lowest BCUT2D eigenvalue weighted by Crippen LogP contribution is -2.24. The summed E-state index contributed by atoms with van der Waals surface area (Å²) in [5.74, 6) is 0.408. The van der Waals surface area contributed by atoms with Gasteiger partial charge in [-0.05, 0) is 17.9 Å². The first-order valence-corrected chi connectivity index (χ1v) is 7.22. The van der Waals surface area contributed by atoms with Crippen LogP contribution in [-0.4, -0.2) is 18.3 Å². The second kappa shape index (κ2) is 10.1. The highest BCUT2D eigenvalue weighted by molar-refractivity contribution is 5.14. The summed E-state index contributed by atoms with van der Waals surface area (Å²) in [6.07, 6.45) is 6.27. The predicted octanol–water partition coefficient (Wildman–Crippen LogP) is 3.36. The maximum Gasteiger partial charge on any atom is 0.0471 e. The maximum absolute atomic E-state index is 9.34. The van der Waals surface area contributed by atoms with Crippen LogP contribution in [0.5, 0.6) is 0 Å². The Hall–Kier alpha value is -0.860. The zero-order chi connectivity index (χ0) is 13.1. The summed E-state index contributed by atoms with van der Waals surface area (Å²) in [7, 11) is 0. The van der Waals surface area contributed by atoms with Crippen molar-refractivity contribution >= 4 is 0 Å². The van der Waals surface area contributed by atoms with E-state index in [9.17, 15) is 5.11 Å². The van der Waals surface area contributed by atoms with E-state index in [4.69, 9.17) is 0 Å². The molecule has 2 heteroatoms. The van der Waals surface area contributed by atoms with Crippen LogP contribution in [0, 0.1) is 5.92 Å². The first kappa shape index (κ1) is 15.2. The van der Waals surface area contributed by atoms with Crippen molar-refractivity contribution in [3.63, 3.8) is 0 Å². The molecule has 0 bridgehead atoms. The van der Waals surface area contributed by atoms with Crippen molar-refractivity contribution in [3.05, 3.63) is 35.9 Å². The summed E-state index contributed by atoms with van der Waals surface area (Å²) in [4.78, 5) is 0. The van der Waals surface area contributed by atoms with Gasteiger partial charge in [-0.25, -0.2) is 0 Å². The standard InChI is InChI=1S/C16H27NO/c1-2-3-4-6-11-16(14-18)13-17-12-15-9-7-5-8-10-15/h5,7-10,16-18H,2-4,6,11-14H2,1H3/t16-/m0/s1. The Bertz CT molecular complexity index is 286. The number of nitrogens with one attached hydrogen (secondary N) is 1. The normalized spacial score (nSPS) is 12.6. The predicted molar refractivity (Wildman–Crippen MR) is 77.5 cm³/mol. The number of rotatable bonds is 10. The van der Waals surface area contributed by atoms with E-state index in [0.717, 1.165) is 19.5 Å². The second-order valence-corrected chi connectivity index (χ2v) is 5.01. The average Bonchev–Trinajstić information content (AvgIpc) is 2.42. The lowest BCUT2D eigenvalue weighted by atomic mass is 10.0. The molecule has 0 fully saturated rings. The Labute approximate surface area is 111 Å². The molecule has 0 radical (unpaired) electrons. The van der Waals surface area contributed by atoms with E-state index in [0.29, 0.717) is 12.5 Å². The van der Waals surface area contributed by atoms with Crippen LogP contribution in [0.1, 0.15) is 44.6 Å². The molecule has 1 aromatic rings. The summed E-state index contributed by atoms with van der Waals surface area (Å²) in [6.45, 7) is 4.34. The van der Waals surface area contributed by atoms with Crippen LogP contribution in [-0.2, 0) is 6.54 Å². The van der Waals surface area contributed by atoms with E-state index < -0.39 is 0 Å².